The van der Waals surface area contributed by atoms with Gasteiger partial charge >= 0.3 is 0 Å². The van der Waals surface area contributed by atoms with Gasteiger partial charge in [0.25, 0.3) is 0 Å². The number of rotatable bonds is 0. The van der Waals surface area contributed by atoms with E-state index in [1.54, 1.807) is 0 Å². The summed E-state index contributed by atoms with van der Waals surface area (Å²) in [5.74, 6) is 0. The van der Waals surface area contributed by atoms with Gasteiger partial charge in [-0.1, -0.05) is 24.4 Å². The maximum Gasteiger partial charge on any atom is 0.182 e. The molecule has 1 aromatic heterocycles. The van der Waals surface area contributed by atoms with Crippen LogP contribution in [0.1, 0.15) is 0 Å². The highest BCUT2D eigenvalue weighted by Crippen LogP contribution is 2.11. The van der Waals surface area contributed by atoms with Crippen molar-refractivity contribution in [2.24, 2.45) is 0 Å². The molecule has 0 unspecified atom stereocenters. The summed E-state index contributed by atoms with van der Waals surface area (Å²) in [6.45, 7) is 0. The zero-order valence-electron chi connectivity index (χ0n) is 5.65. The van der Waals surface area contributed by atoms with E-state index in [0.29, 0.717) is 4.64 Å². The number of nitrogens with zero attached hydrogens (tertiary/aromatic N) is 1. The average Bonchev–Trinajstić information content (AvgIpc) is 2.06. The smallest absolute Gasteiger partial charge is 0.182 e. The van der Waals surface area contributed by atoms with Crippen molar-refractivity contribution in [1.29, 1.82) is 0 Å². The average molecular weight is 163 g/mol. The van der Waals surface area contributed by atoms with Gasteiger partial charge in [-0.2, -0.15) is 0 Å². The Bertz CT molecular complexity index is 430. The van der Waals surface area contributed by atoms with Gasteiger partial charge in [0.05, 0.1) is 5.39 Å². The first kappa shape index (κ1) is 6.49. The summed E-state index contributed by atoms with van der Waals surface area (Å²) in [6, 6.07) is 7.58. The number of fused-ring (bicyclic) bond motifs is 1. The van der Waals surface area contributed by atoms with Crippen LogP contribution in [0.15, 0.2) is 35.1 Å². The van der Waals surface area contributed by atoms with Gasteiger partial charge in [0, 0.05) is 0 Å². The maximum atomic E-state index is 5.11. The molecule has 2 nitrogen and oxygen atoms in total. The van der Waals surface area contributed by atoms with E-state index in [-0.39, 0.29) is 0 Å². The van der Waals surface area contributed by atoms with Gasteiger partial charge in [0.15, 0.2) is 6.39 Å². The SMILES string of the molecule is S=c1ncoc2ccccc12. The van der Waals surface area contributed by atoms with Crippen molar-refractivity contribution < 1.29 is 4.42 Å². The van der Waals surface area contributed by atoms with Gasteiger partial charge in [-0.3, -0.25) is 0 Å². The van der Waals surface area contributed by atoms with Crippen LogP contribution in [0.2, 0.25) is 0 Å². The summed E-state index contributed by atoms with van der Waals surface area (Å²) < 4.78 is 5.70. The molecule has 0 radical (unpaired) electrons. The molecule has 2 rings (SSSR count). The molecule has 11 heavy (non-hydrogen) atoms. The molecule has 2 aromatic rings. The van der Waals surface area contributed by atoms with Gasteiger partial charge in [0.1, 0.15) is 10.2 Å². The topological polar surface area (TPSA) is 26.0 Å². The fraction of sp³-hybridized carbons (Fsp3) is 0. The summed E-state index contributed by atoms with van der Waals surface area (Å²) in [5, 5.41) is 0.894. The molecule has 54 valence electrons. The van der Waals surface area contributed by atoms with Crippen molar-refractivity contribution in [2.45, 2.75) is 0 Å². The van der Waals surface area contributed by atoms with Crippen LogP contribution in [0.4, 0.5) is 0 Å². The van der Waals surface area contributed by atoms with Crippen LogP contribution >= 0.6 is 12.2 Å². The second-order valence-electron chi connectivity index (χ2n) is 2.15. The largest absolute Gasteiger partial charge is 0.445 e. The molecule has 0 fully saturated rings. The van der Waals surface area contributed by atoms with E-state index in [9.17, 15) is 0 Å². The number of hydrogen-bond acceptors (Lipinski definition) is 3. The Morgan fingerprint density at radius 2 is 2.09 bits per heavy atom. The molecule has 0 aliphatic heterocycles. The zero-order chi connectivity index (χ0) is 7.68. The summed E-state index contributed by atoms with van der Waals surface area (Å²) in [7, 11) is 0. The van der Waals surface area contributed by atoms with Crippen LogP contribution < -0.4 is 0 Å². The van der Waals surface area contributed by atoms with Crippen LogP contribution in [-0.4, -0.2) is 4.98 Å². The third-order valence-electron chi connectivity index (χ3n) is 1.47. The summed E-state index contributed by atoms with van der Waals surface area (Å²) in [6.07, 6.45) is 1.37. The van der Waals surface area contributed by atoms with Crippen LogP contribution in [-0.2, 0) is 0 Å². The van der Waals surface area contributed by atoms with Gasteiger partial charge in [-0.05, 0) is 12.1 Å². The molecule has 0 amide bonds. The van der Waals surface area contributed by atoms with E-state index in [1.165, 1.54) is 6.39 Å². The standard InChI is InChI=1S/C8H5NOS/c11-8-6-3-1-2-4-7(6)10-5-9-8/h1-5H. The van der Waals surface area contributed by atoms with Crippen molar-refractivity contribution in [3.05, 3.63) is 35.3 Å². The Morgan fingerprint density at radius 1 is 1.27 bits per heavy atom. The second kappa shape index (κ2) is 2.43. The first-order valence-corrected chi connectivity index (χ1v) is 3.61. The monoisotopic (exact) mass is 163 g/mol. The number of benzene rings is 1. The Morgan fingerprint density at radius 3 is 2.91 bits per heavy atom. The fourth-order valence-corrected chi connectivity index (χ4v) is 1.16. The number of para-hydroxylation sites is 1. The minimum Gasteiger partial charge on any atom is -0.445 e. The van der Waals surface area contributed by atoms with Crippen molar-refractivity contribution >= 4 is 23.2 Å². The highest BCUT2D eigenvalue weighted by molar-refractivity contribution is 7.71. The van der Waals surface area contributed by atoms with Crippen LogP contribution in [0.25, 0.3) is 11.0 Å². The minimum absolute atomic E-state index is 0.590. The number of hydrogen-bond donors (Lipinski definition) is 0. The summed E-state index contributed by atoms with van der Waals surface area (Å²) in [5.41, 5.74) is 0.785. The normalized spacial score (nSPS) is 10.2. The van der Waals surface area contributed by atoms with E-state index in [4.69, 9.17) is 16.6 Å². The van der Waals surface area contributed by atoms with Gasteiger partial charge in [-0.25, -0.2) is 4.98 Å². The Balaban J connectivity index is 3.03. The molecule has 0 saturated carbocycles. The highest BCUT2D eigenvalue weighted by atomic mass is 32.1. The molecule has 1 heterocycles. The van der Waals surface area contributed by atoms with E-state index in [2.05, 4.69) is 4.98 Å². The lowest BCUT2D eigenvalue weighted by molar-refractivity contribution is 0.578. The van der Waals surface area contributed by atoms with Crippen molar-refractivity contribution in [3.63, 3.8) is 0 Å². The Hall–Kier alpha value is -1.22. The zero-order valence-corrected chi connectivity index (χ0v) is 6.47. The first-order valence-electron chi connectivity index (χ1n) is 3.20. The van der Waals surface area contributed by atoms with E-state index in [1.807, 2.05) is 24.3 Å². The molecule has 0 N–H and O–H groups in total. The molecule has 0 aliphatic carbocycles. The summed E-state index contributed by atoms with van der Waals surface area (Å²) >= 11 is 4.98. The van der Waals surface area contributed by atoms with Gasteiger partial charge in [0.2, 0.25) is 0 Å². The lowest BCUT2D eigenvalue weighted by Crippen LogP contribution is -1.75. The minimum atomic E-state index is 0.590. The summed E-state index contributed by atoms with van der Waals surface area (Å²) in [4.78, 5) is 3.86. The molecule has 1 aromatic carbocycles. The molecule has 0 spiro atoms. The van der Waals surface area contributed by atoms with E-state index >= 15 is 0 Å². The molecular formula is C8H5NOS. The molecule has 0 atom stereocenters. The molecule has 3 heteroatoms. The van der Waals surface area contributed by atoms with Gasteiger partial charge < -0.3 is 4.42 Å². The van der Waals surface area contributed by atoms with E-state index in [0.717, 1.165) is 11.0 Å². The fourth-order valence-electron chi connectivity index (χ4n) is 0.947. The van der Waals surface area contributed by atoms with Crippen molar-refractivity contribution in [3.8, 4) is 0 Å². The molecular weight excluding hydrogens is 158 g/mol. The predicted octanol–water partition coefficient (Wildman–Crippen LogP) is 2.56. The predicted molar refractivity (Wildman–Crippen MR) is 44.8 cm³/mol. The number of aromatic nitrogens is 1. The van der Waals surface area contributed by atoms with E-state index < -0.39 is 0 Å². The lowest BCUT2D eigenvalue weighted by Gasteiger charge is -1.92. The van der Waals surface area contributed by atoms with Crippen molar-refractivity contribution in [2.75, 3.05) is 0 Å². The van der Waals surface area contributed by atoms with Crippen molar-refractivity contribution in [1.82, 2.24) is 4.98 Å². The maximum absolute atomic E-state index is 5.11. The van der Waals surface area contributed by atoms with Crippen LogP contribution in [0, 0.1) is 4.64 Å². The Labute approximate surface area is 68.5 Å². The third kappa shape index (κ3) is 1.03. The molecule has 0 bridgehead atoms. The molecule has 0 saturated heterocycles. The molecule has 0 aliphatic rings. The second-order valence-corrected chi connectivity index (χ2v) is 2.54. The van der Waals surface area contributed by atoms with Gasteiger partial charge in [-0.15, -0.1) is 0 Å². The highest BCUT2D eigenvalue weighted by Gasteiger charge is 1.93. The quantitative estimate of drug-likeness (QED) is 0.558. The lowest BCUT2D eigenvalue weighted by atomic mass is 10.3. The third-order valence-corrected chi connectivity index (χ3v) is 1.79. The van der Waals surface area contributed by atoms with Crippen LogP contribution in [0.3, 0.4) is 0 Å². The Kier molecular flexibility index (Phi) is 1.43. The van der Waals surface area contributed by atoms with Crippen LogP contribution in [0.5, 0.6) is 0 Å². The first-order chi connectivity index (χ1) is 5.38.